The third kappa shape index (κ3) is 3.83. The fourth-order valence-electron chi connectivity index (χ4n) is 2.19. The third-order valence-electron chi connectivity index (χ3n) is 3.51. The average molecular weight is 340 g/mol. The number of nitrogens with zero attached hydrogens (tertiary/aromatic N) is 2. The van der Waals surface area contributed by atoms with E-state index in [2.05, 4.69) is 20.0 Å². The molecule has 0 saturated carbocycles. The maximum absolute atomic E-state index is 13.3. The molecule has 0 bridgehead atoms. The topological polar surface area (TPSA) is 49.8 Å². The summed E-state index contributed by atoms with van der Waals surface area (Å²) in [6, 6.07) is 12.4. The predicted molar refractivity (Wildman–Crippen MR) is 97.6 cm³/mol. The van der Waals surface area contributed by atoms with Crippen molar-refractivity contribution in [2.45, 2.75) is 11.8 Å². The van der Waals surface area contributed by atoms with Crippen molar-refractivity contribution in [3.8, 4) is 11.1 Å². The van der Waals surface area contributed by atoms with E-state index in [9.17, 15) is 4.39 Å². The van der Waals surface area contributed by atoms with Gasteiger partial charge in [-0.05, 0) is 60.8 Å². The summed E-state index contributed by atoms with van der Waals surface area (Å²) in [7, 11) is 1.84. The monoisotopic (exact) mass is 340 g/mol. The molecule has 3 rings (SSSR count). The third-order valence-corrected chi connectivity index (χ3v) is 4.32. The van der Waals surface area contributed by atoms with Gasteiger partial charge in [-0.3, -0.25) is 4.98 Å². The highest BCUT2D eigenvalue weighted by molar-refractivity contribution is 8.00. The molecule has 1 aromatic carbocycles. The van der Waals surface area contributed by atoms with Crippen LogP contribution in [-0.2, 0) is 0 Å². The number of aryl methyl sites for hydroxylation is 1. The van der Waals surface area contributed by atoms with E-state index in [0.717, 1.165) is 33.2 Å². The number of hydrogen-bond acceptors (Lipinski definition) is 5. The largest absolute Gasteiger partial charge is 0.373 e. The van der Waals surface area contributed by atoms with Gasteiger partial charge in [0.15, 0.2) is 0 Å². The van der Waals surface area contributed by atoms with Crippen molar-refractivity contribution in [1.82, 2.24) is 9.97 Å². The summed E-state index contributed by atoms with van der Waals surface area (Å²) >= 11 is 1.36. The molecule has 0 atom stereocenters. The molecule has 24 heavy (non-hydrogen) atoms. The SMILES string of the molecule is CNc1cc(-c2cnc(C)c(NSc3cccc(F)c3)c2)ccn1. The van der Waals surface area contributed by atoms with Gasteiger partial charge in [-0.2, -0.15) is 0 Å². The maximum atomic E-state index is 13.3. The van der Waals surface area contributed by atoms with Crippen molar-refractivity contribution in [3.05, 3.63) is 66.4 Å². The maximum Gasteiger partial charge on any atom is 0.126 e. The van der Waals surface area contributed by atoms with Gasteiger partial charge in [0.05, 0.1) is 11.4 Å². The first kappa shape index (κ1) is 16.3. The highest BCUT2D eigenvalue weighted by Crippen LogP contribution is 2.28. The Morgan fingerprint density at radius 1 is 1.04 bits per heavy atom. The van der Waals surface area contributed by atoms with Crippen molar-refractivity contribution >= 4 is 23.5 Å². The van der Waals surface area contributed by atoms with E-state index in [-0.39, 0.29) is 5.82 Å². The van der Waals surface area contributed by atoms with Gasteiger partial charge in [-0.25, -0.2) is 9.37 Å². The van der Waals surface area contributed by atoms with Crippen molar-refractivity contribution < 1.29 is 4.39 Å². The smallest absolute Gasteiger partial charge is 0.126 e. The van der Waals surface area contributed by atoms with E-state index in [1.807, 2.05) is 44.4 Å². The summed E-state index contributed by atoms with van der Waals surface area (Å²) in [6.45, 7) is 1.93. The van der Waals surface area contributed by atoms with E-state index in [0.29, 0.717) is 0 Å². The average Bonchev–Trinajstić information content (AvgIpc) is 2.61. The fraction of sp³-hybridized carbons (Fsp3) is 0.111. The summed E-state index contributed by atoms with van der Waals surface area (Å²) in [4.78, 5) is 9.48. The lowest BCUT2D eigenvalue weighted by molar-refractivity contribution is 0.624. The van der Waals surface area contributed by atoms with Crippen molar-refractivity contribution in [3.63, 3.8) is 0 Å². The van der Waals surface area contributed by atoms with Crippen LogP contribution in [0.5, 0.6) is 0 Å². The Labute approximate surface area is 144 Å². The number of rotatable bonds is 5. The number of halogens is 1. The lowest BCUT2D eigenvalue weighted by Crippen LogP contribution is -1.95. The van der Waals surface area contributed by atoms with Gasteiger partial charge < -0.3 is 10.0 Å². The highest BCUT2D eigenvalue weighted by Gasteiger charge is 2.06. The molecule has 0 spiro atoms. The molecular weight excluding hydrogens is 323 g/mol. The van der Waals surface area contributed by atoms with E-state index < -0.39 is 0 Å². The summed E-state index contributed by atoms with van der Waals surface area (Å²) in [5.74, 6) is 0.554. The molecule has 2 N–H and O–H groups in total. The van der Waals surface area contributed by atoms with Crippen molar-refractivity contribution in [2.24, 2.45) is 0 Å². The zero-order valence-corrected chi connectivity index (χ0v) is 14.2. The zero-order valence-electron chi connectivity index (χ0n) is 13.4. The van der Waals surface area contributed by atoms with E-state index in [4.69, 9.17) is 0 Å². The fourth-order valence-corrected chi connectivity index (χ4v) is 2.94. The van der Waals surface area contributed by atoms with E-state index in [1.54, 1.807) is 12.3 Å². The molecule has 3 aromatic rings. The van der Waals surface area contributed by atoms with Crippen LogP contribution in [-0.4, -0.2) is 17.0 Å². The number of benzene rings is 1. The minimum atomic E-state index is -0.248. The zero-order chi connectivity index (χ0) is 16.9. The van der Waals surface area contributed by atoms with Crippen LogP contribution < -0.4 is 10.0 Å². The lowest BCUT2D eigenvalue weighted by atomic mass is 10.1. The normalized spacial score (nSPS) is 10.5. The van der Waals surface area contributed by atoms with Crippen LogP contribution in [0.4, 0.5) is 15.9 Å². The standard InChI is InChI=1S/C18H17FN4S/c1-12-17(23-24-16-5-3-4-15(19)10-16)8-14(11-22-12)13-6-7-21-18(9-13)20-2/h3-11,23H,1-2H3,(H,20,21). The van der Waals surface area contributed by atoms with Gasteiger partial charge in [0, 0.05) is 29.9 Å². The first-order valence-electron chi connectivity index (χ1n) is 7.45. The van der Waals surface area contributed by atoms with Crippen LogP contribution in [0, 0.1) is 12.7 Å². The Balaban J connectivity index is 1.83. The quantitative estimate of drug-likeness (QED) is 0.656. The second-order valence-corrected chi connectivity index (χ2v) is 6.08. The molecule has 0 radical (unpaired) electrons. The minimum Gasteiger partial charge on any atom is -0.373 e. The molecule has 0 aliphatic heterocycles. The van der Waals surface area contributed by atoms with Crippen LogP contribution >= 0.6 is 11.9 Å². The molecular formula is C18H17FN4S. The molecule has 0 aliphatic rings. The summed E-state index contributed by atoms with van der Waals surface area (Å²) in [5.41, 5.74) is 3.79. The van der Waals surface area contributed by atoms with Gasteiger partial charge in [0.25, 0.3) is 0 Å². The molecule has 2 heterocycles. The first-order chi connectivity index (χ1) is 11.7. The Kier molecular flexibility index (Phi) is 4.96. The van der Waals surface area contributed by atoms with Crippen LogP contribution in [0.25, 0.3) is 11.1 Å². The number of nitrogens with one attached hydrogen (secondary N) is 2. The molecule has 6 heteroatoms. The Morgan fingerprint density at radius 3 is 2.71 bits per heavy atom. The summed E-state index contributed by atoms with van der Waals surface area (Å²) in [6.07, 6.45) is 3.60. The van der Waals surface area contributed by atoms with Gasteiger partial charge >= 0.3 is 0 Å². The van der Waals surface area contributed by atoms with E-state index in [1.165, 1.54) is 24.1 Å². The van der Waals surface area contributed by atoms with Crippen LogP contribution in [0.3, 0.4) is 0 Å². The molecule has 0 saturated heterocycles. The summed E-state index contributed by atoms with van der Waals surface area (Å²) < 4.78 is 16.5. The second-order valence-electron chi connectivity index (χ2n) is 5.20. The number of pyridine rings is 2. The highest BCUT2D eigenvalue weighted by atomic mass is 32.2. The molecule has 0 aliphatic carbocycles. The van der Waals surface area contributed by atoms with Gasteiger partial charge in [-0.1, -0.05) is 6.07 Å². The molecule has 0 fully saturated rings. The molecule has 4 nitrogen and oxygen atoms in total. The molecule has 122 valence electrons. The number of aromatic nitrogens is 2. The Bertz CT molecular complexity index is 854. The van der Waals surface area contributed by atoms with E-state index >= 15 is 0 Å². The minimum absolute atomic E-state index is 0.248. The van der Waals surface area contributed by atoms with Crippen LogP contribution in [0.15, 0.2) is 59.8 Å². The molecule has 0 amide bonds. The van der Waals surface area contributed by atoms with Crippen molar-refractivity contribution in [2.75, 3.05) is 17.1 Å². The number of hydrogen-bond donors (Lipinski definition) is 2. The molecule has 2 aromatic heterocycles. The van der Waals surface area contributed by atoms with Crippen LogP contribution in [0.2, 0.25) is 0 Å². The Hall–Kier alpha value is -2.60. The van der Waals surface area contributed by atoms with Gasteiger partial charge in [0.1, 0.15) is 11.6 Å². The van der Waals surface area contributed by atoms with Crippen molar-refractivity contribution in [1.29, 1.82) is 0 Å². The first-order valence-corrected chi connectivity index (χ1v) is 8.26. The lowest BCUT2D eigenvalue weighted by Gasteiger charge is -2.11. The Morgan fingerprint density at radius 2 is 1.92 bits per heavy atom. The molecule has 0 unspecified atom stereocenters. The number of anilines is 2. The van der Waals surface area contributed by atoms with Gasteiger partial charge in [0.2, 0.25) is 0 Å². The van der Waals surface area contributed by atoms with Gasteiger partial charge in [-0.15, -0.1) is 0 Å². The van der Waals surface area contributed by atoms with Crippen LogP contribution in [0.1, 0.15) is 5.69 Å². The predicted octanol–water partition coefficient (Wildman–Crippen LogP) is 4.75. The summed E-state index contributed by atoms with van der Waals surface area (Å²) in [5, 5.41) is 3.03. The second kappa shape index (κ2) is 7.31.